The monoisotopic (exact) mass is 703 g/mol. The molecule has 4 fully saturated rings. The van der Waals surface area contributed by atoms with Gasteiger partial charge in [-0.25, -0.2) is 0 Å². The number of likely N-dealkylation sites (N-methyl/N-ethyl adjacent to an activating group) is 1. The molecule has 0 aromatic rings. The van der Waals surface area contributed by atoms with Gasteiger partial charge in [-0.15, -0.1) is 0 Å². The van der Waals surface area contributed by atoms with E-state index >= 15 is 0 Å². The lowest BCUT2D eigenvalue weighted by Crippen LogP contribution is -2.59. The van der Waals surface area contributed by atoms with Crippen molar-refractivity contribution < 1.29 is 47.9 Å². The fourth-order valence-electron chi connectivity index (χ4n) is 9.83. The van der Waals surface area contributed by atoms with Crippen LogP contribution in [0.4, 0.5) is 0 Å². The summed E-state index contributed by atoms with van der Waals surface area (Å²) >= 11 is 0. The van der Waals surface area contributed by atoms with Gasteiger partial charge in [0.2, 0.25) is 0 Å². The number of aliphatic hydroxyl groups excluding tert-OH is 1. The van der Waals surface area contributed by atoms with Gasteiger partial charge in [-0.1, -0.05) is 32.1 Å². The van der Waals surface area contributed by atoms with Crippen LogP contribution in [-0.4, -0.2) is 118 Å². The van der Waals surface area contributed by atoms with E-state index in [1.807, 2.05) is 13.8 Å². The van der Waals surface area contributed by atoms with Crippen molar-refractivity contribution >= 4 is 11.8 Å². The maximum atomic E-state index is 14.5. The van der Waals surface area contributed by atoms with Crippen molar-refractivity contribution in [1.82, 2.24) is 4.90 Å². The van der Waals surface area contributed by atoms with E-state index < -0.39 is 42.5 Å². The number of hydrogen-bond donors (Lipinski definition) is 1. The molecule has 6 aliphatic rings. The highest BCUT2D eigenvalue weighted by Gasteiger charge is 2.54. The predicted molar refractivity (Wildman–Crippen MR) is 185 cm³/mol. The molecule has 17 atom stereocenters. The maximum Gasteiger partial charge on any atom is 0.314 e. The van der Waals surface area contributed by atoms with Crippen LogP contribution in [0.1, 0.15) is 79.1 Å². The third-order valence-electron chi connectivity index (χ3n) is 12.7. The summed E-state index contributed by atoms with van der Waals surface area (Å²) < 4.78 is 43.1. The minimum absolute atomic E-state index is 0.00754. The molecule has 0 amide bonds. The Hall–Kier alpha value is -1.70. The molecule has 1 N–H and O–H groups in total. The molecule has 0 spiro atoms. The standard InChI is InChI=1S/C39H61NO10/c1-9-24-11-10-12-31(50-32-16-15-30(40(5)6)21(3)46-32)20(2)34(41)29-19-28-26(33(29)38(43)48-24)14-13-23-17-25(18-27(23)28)49-39-37(45-8)36(44-7)35(42)22(4)47-39/h13-14,19-28,30-33,35-37,39,42H,9-12,15-18H2,1-8H3/t20-,21-,22+,23-,24+,25-,26-,27-,28?,30+,31+,32+,33?,35+,36-,37-,39+/m1/s1. The summed E-state index contributed by atoms with van der Waals surface area (Å²) in [6, 6.07) is 0.329. The Bertz CT molecular complexity index is 1260. The van der Waals surface area contributed by atoms with Gasteiger partial charge in [0.15, 0.2) is 18.4 Å². The molecule has 11 nitrogen and oxygen atoms in total. The molecule has 282 valence electrons. The molecule has 50 heavy (non-hydrogen) atoms. The Kier molecular flexibility index (Phi) is 12.3. The summed E-state index contributed by atoms with van der Waals surface area (Å²) in [5.41, 5.74) is 0.573. The van der Waals surface area contributed by atoms with Gasteiger partial charge < -0.3 is 43.2 Å². The summed E-state index contributed by atoms with van der Waals surface area (Å²) in [6.07, 6.45) is 8.61. The van der Waals surface area contributed by atoms with Crippen LogP contribution < -0.4 is 0 Å². The van der Waals surface area contributed by atoms with E-state index in [1.54, 1.807) is 14.2 Å². The number of Topliss-reactive ketones (excluding diaryl/α,β-unsaturated/α-hetero) is 1. The Morgan fingerprint density at radius 3 is 2.34 bits per heavy atom. The second-order valence-electron chi connectivity index (χ2n) is 15.9. The molecular formula is C39H61NO10. The van der Waals surface area contributed by atoms with Crippen molar-refractivity contribution in [2.45, 2.75) is 147 Å². The molecule has 1 saturated carbocycles. The highest BCUT2D eigenvalue weighted by molar-refractivity contribution is 6.03. The second kappa shape index (κ2) is 16.1. The number of ether oxygens (including phenoxy) is 7. The average Bonchev–Trinajstić information content (AvgIpc) is 3.68. The summed E-state index contributed by atoms with van der Waals surface area (Å²) in [4.78, 5) is 30.8. The number of esters is 1. The SMILES string of the molecule is CC[C@H]1CCC[C@H](O[C@H]2CC[C@H](N(C)C)[C@@H](C)O2)[C@@H](C)C(=O)C2=CC3[C@@H](C=C[C@@H]4C[C@@H](O[C@@H]5O[C@@H](C)[C@H](O)[C@@H](OC)[C@H]5OC)C[C@@H]34)C2C(=O)O1. The zero-order valence-electron chi connectivity index (χ0n) is 31.3. The van der Waals surface area contributed by atoms with Gasteiger partial charge in [-0.2, -0.15) is 0 Å². The van der Waals surface area contributed by atoms with Gasteiger partial charge in [0.05, 0.1) is 30.3 Å². The van der Waals surface area contributed by atoms with Crippen molar-refractivity contribution in [1.29, 1.82) is 0 Å². The topological polar surface area (TPSA) is 122 Å². The minimum Gasteiger partial charge on any atom is -0.462 e. The van der Waals surface area contributed by atoms with Crippen molar-refractivity contribution in [3.8, 4) is 0 Å². The first-order valence-electron chi connectivity index (χ1n) is 19.1. The highest BCUT2D eigenvalue weighted by atomic mass is 16.7. The van der Waals surface area contributed by atoms with Crippen molar-refractivity contribution in [2.75, 3.05) is 28.3 Å². The van der Waals surface area contributed by atoms with Crippen LogP contribution in [0.3, 0.4) is 0 Å². The number of carbonyl (C=O) groups is 2. The Labute approximate surface area is 298 Å². The van der Waals surface area contributed by atoms with E-state index in [9.17, 15) is 14.7 Å². The van der Waals surface area contributed by atoms with E-state index in [-0.39, 0.29) is 66.1 Å². The zero-order valence-corrected chi connectivity index (χ0v) is 31.3. The van der Waals surface area contributed by atoms with Gasteiger partial charge in [-0.05, 0) is 97.1 Å². The molecule has 0 radical (unpaired) electrons. The lowest BCUT2D eigenvalue weighted by Gasteiger charge is -2.43. The predicted octanol–water partition coefficient (Wildman–Crippen LogP) is 4.44. The van der Waals surface area contributed by atoms with Crippen LogP contribution in [0.25, 0.3) is 0 Å². The number of cyclic esters (lactones) is 1. The number of methoxy groups -OCH3 is 2. The molecule has 6 rings (SSSR count). The van der Waals surface area contributed by atoms with Crippen LogP contribution >= 0.6 is 0 Å². The molecule has 3 heterocycles. The van der Waals surface area contributed by atoms with Crippen LogP contribution in [-0.2, 0) is 42.7 Å². The minimum atomic E-state index is -0.829. The number of rotatable bonds is 8. The highest BCUT2D eigenvalue weighted by Crippen LogP contribution is 2.54. The maximum absolute atomic E-state index is 14.5. The average molecular weight is 704 g/mol. The molecule has 3 aliphatic carbocycles. The number of nitrogens with zero attached hydrogens (tertiary/aromatic N) is 1. The molecule has 3 saturated heterocycles. The zero-order chi connectivity index (χ0) is 35.9. The van der Waals surface area contributed by atoms with Gasteiger partial charge in [0.25, 0.3) is 0 Å². The number of allylic oxidation sites excluding steroid dienone is 3. The molecular weight excluding hydrogens is 642 g/mol. The van der Waals surface area contributed by atoms with E-state index in [0.29, 0.717) is 18.0 Å². The number of carbonyl (C=O) groups excluding carboxylic acids is 2. The molecule has 0 aromatic heterocycles. The van der Waals surface area contributed by atoms with Crippen LogP contribution in [0.2, 0.25) is 0 Å². The van der Waals surface area contributed by atoms with Gasteiger partial charge in [0.1, 0.15) is 24.4 Å². The molecule has 11 heteroatoms. The third-order valence-corrected chi connectivity index (χ3v) is 12.7. The van der Waals surface area contributed by atoms with Gasteiger partial charge in [-0.3, -0.25) is 9.59 Å². The van der Waals surface area contributed by atoms with Crippen molar-refractivity contribution in [3.05, 3.63) is 23.8 Å². The van der Waals surface area contributed by atoms with E-state index in [2.05, 4.69) is 51.1 Å². The molecule has 2 unspecified atom stereocenters. The van der Waals surface area contributed by atoms with Crippen LogP contribution in [0, 0.1) is 35.5 Å². The van der Waals surface area contributed by atoms with Crippen LogP contribution in [0.5, 0.6) is 0 Å². The second-order valence-corrected chi connectivity index (χ2v) is 15.9. The molecule has 0 aromatic carbocycles. The number of aliphatic hydroxyl groups is 1. The first kappa shape index (κ1) is 38.0. The normalized spacial score (nSPS) is 46.8. The van der Waals surface area contributed by atoms with Crippen LogP contribution in [0.15, 0.2) is 23.8 Å². The number of hydrogen-bond acceptors (Lipinski definition) is 11. The van der Waals surface area contributed by atoms with Crippen molar-refractivity contribution in [3.63, 3.8) is 0 Å². The quantitative estimate of drug-likeness (QED) is 0.285. The smallest absolute Gasteiger partial charge is 0.314 e. The molecule has 3 aliphatic heterocycles. The lowest BCUT2D eigenvalue weighted by molar-refractivity contribution is -0.311. The van der Waals surface area contributed by atoms with E-state index in [4.69, 9.17) is 33.2 Å². The first-order valence-corrected chi connectivity index (χ1v) is 19.1. The first-order chi connectivity index (χ1) is 23.9. The Balaban J connectivity index is 1.21. The van der Waals surface area contributed by atoms with E-state index in [1.165, 1.54) is 0 Å². The summed E-state index contributed by atoms with van der Waals surface area (Å²) in [7, 11) is 7.29. The number of ketones is 1. The lowest BCUT2D eigenvalue weighted by atomic mass is 9.71. The van der Waals surface area contributed by atoms with Crippen molar-refractivity contribution in [2.24, 2.45) is 35.5 Å². The summed E-state index contributed by atoms with van der Waals surface area (Å²) in [5.74, 6) is -1.10. The number of fused-ring (bicyclic) bond motifs is 5. The summed E-state index contributed by atoms with van der Waals surface area (Å²) in [6.45, 7) is 7.91. The Morgan fingerprint density at radius 1 is 0.900 bits per heavy atom. The van der Waals surface area contributed by atoms with Gasteiger partial charge >= 0.3 is 5.97 Å². The fourth-order valence-corrected chi connectivity index (χ4v) is 9.83. The summed E-state index contributed by atoms with van der Waals surface area (Å²) in [5, 5.41) is 10.6. The van der Waals surface area contributed by atoms with Gasteiger partial charge in [0, 0.05) is 37.7 Å². The molecule has 0 bridgehead atoms. The third kappa shape index (κ3) is 7.53. The largest absolute Gasteiger partial charge is 0.462 e. The Morgan fingerprint density at radius 2 is 1.66 bits per heavy atom. The fraction of sp³-hybridized carbons (Fsp3) is 0.846. The van der Waals surface area contributed by atoms with E-state index in [0.717, 1.165) is 44.9 Å².